The van der Waals surface area contributed by atoms with Gasteiger partial charge >= 0.3 is 0 Å². The Kier molecular flexibility index (Phi) is 6.43. The molecule has 56 heavy (non-hydrogen) atoms. The van der Waals surface area contributed by atoms with Gasteiger partial charge in [-0.05, 0) is 86.0 Å². The average Bonchev–Trinajstić information content (AvgIpc) is 3.77. The summed E-state index contributed by atoms with van der Waals surface area (Å²) in [6.07, 6.45) is 0. The number of aromatic nitrogens is 3. The zero-order valence-corrected chi connectivity index (χ0v) is 30.0. The van der Waals surface area contributed by atoms with Crippen LogP contribution in [-0.4, -0.2) is 15.0 Å². The lowest BCUT2D eigenvalue weighted by Gasteiger charge is -2.35. The Labute approximate surface area is 323 Å². The van der Waals surface area contributed by atoms with E-state index < -0.39 is 5.41 Å². The van der Waals surface area contributed by atoms with E-state index in [0.717, 1.165) is 33.0 Å². The molecular weight excluding hydrogens is 683 g/mol. The molecule has 4 heteroatoms. The first-order chi connectivity index (χ1) is 27.8. The maximum Gasteiger partial charge on any atom is 0.185 e. The molecule has 2 aliphatic rings. The van der Waals surface area contributed by atoms with E-state index in [0.29, 0.717) is 23.1 Å². The molecule has 0 N–H and O–H groups in total. The monoisotopic (exact) mass is 711 g/mol. The first-order valence-corrected chi connectivity index (χ1v) is 18.9. The van der Waals surface area contributed by atoms with Crippen molar-refractivity contribution in [2.45, 2.75) is 5.41 Å². The highest BCUT2D eigenvalue weighted by molar-refractivity contribution is 6.11. The highest BCUT2D eigenvalue weighted by atomic mass is 16.3. The molecule has 0 atom stereocenters. The average molecular weight is 712 g/mol. The molecule has 2 heterocycles. The van der Waals surface area contributed by atoms with E-state index in [1.165, 1.54) is 55.6 Å². The van der Waals surface area contributed by atoms with Gasteiger partial charge < -0.3 is 4.42 Å². The first-order valence-electron chi connectivity index (χ1n) is 18.9. The van der Waals surface area contributed by atoms with Crippen LogP contribution in [0.3, 0.4) is 0 Å². The maximum atomic E-state index is 6.23. The van der Waals surface area contributed by atoms with E-state index >= 15 is 0 Å². The molecule has 2 aromatic heterocycles. The summed E-state index contributed by atoms with van der Waals surface area (Å²) in [4.78, 5) is 15.7. The fourth-order valence-corrected chi connectivity index (χ4v) is 9.37. The Morgan fingerprint density at radius 1 is 0.411 bits per heavy atom. The molecule has 8 aromatic carbocycles. The van der Waals surface area contributed by atoms with Crippen LogP contribution in [0.25, 0.3) is 89.5 Å². The van der Waals surface area contributed by atoms with Crippen molar-refractivity contribution in [3.63, 3.8) is 0 Å². The topological polar surface area (TPSA) is 51.8 Å². The number of furan rings is 1. The summed E-state index contributed by atoms with van der Waals surface area (Å²) in [6, 6.07) is 68.6. The third kappa shape index (κ3) is 4.23. The van der Waals surface area contributed by atoms with Gasteiger partial charge in [0.15, 0.2) is 23.1 Å². The van der Waals surface area contributed by atoms with E-state index in [1.54, 1.807) is 0 Å². The highest BCUT2D eigenvalue weighted by Gasteiger charge is 2.49. The molecule has 10 aromatic rings. The molecule has 1 spiro atoms. The lowest BCUT2D eigenvalue weighted by Crippen LogP contribution is -2.29. The molecule has 0 saturated carbocycles. The molecular formula is C52H29N3O. The van der Waals surface area contributed by atoms with Gasteiger partial charge in [-0.1, -0.05) is 158 Å². The molecule has 0 unspecified atom stereocenters. The maximum absolute atomic E-state index is 6.23. The molecule has 0 aliphatic heterocycles. The quantitative estimate of drug-likeness (QED) is 0.183. The summed E-state index contributed by atoms with van der Waals surface area (Å²) in [5.74, 6) is 1.78. The largest absolute Gasteiger partial charge is 0.447 e. The zero-order valence-electron chi connectivity index (χ0n) is 30.0. The van der Waals surface area contributed by atoms with E-state index in [2.05, 4.69) is 133 Å². The molecule has 0 radical (unpaired) electrons. The Morgan fingerprint density at radius 2 is 0.946 bits per heavy atom. The Morgan fingerprint density at radius 3 is 1.62 bits per heavy atom. The van der Waals surface area contributed by atoms with Crippen molar-refractivity contribution in [2.75, 3.05) is 0 Å². The molecule has 0 amide bonds. The fraction of sp³-hybridized carbons (Fsp3) is 0.0192. The summed E-state index contributed by atoms with van der Waals surface area (Å²) in [7, 11) is 0. The number of benzene rings is 7. The van der Waals surface area contributed by atoms with Crippen LogP contribution in [0, 0.1) is 12.1 Å². The second kappa shape index (κ2) is 11.7. The van der Waals surface area contributed by atoms with E-state index in [-0.39, 0.29) is 0 Å². The van der Waals surface area contributed by atoms with Crippen molar-refractivity contribution in [2.24, 2.45) is 0 Å². The van der Waals surface area contributed by atoms with Crippen LogP contribution in [0.1, 0.15) is 22.3 Å². The lowest BCUT2D eigenvalue weighted by molar-refractivity contribution is 0.669. The third-order valence-corrected chi connectivity index (χ3v) is 11.7. The minimum absolute atomic E-state index is 0.576. The number of rotatable bonds is 3. The van der Waals surface area contributed by atoms with Crippen molar-refractivity contribution < 1.29 is 4.42 Å². The van der Waals surface area contributed by atoms with Crippen LogP contribution in [0.5, 0.6) is 0 Å². The zero-order chi connectivity index (χ0) is 36.8. The molecule has 4 nitrogen and oxygen atoms in total. The first kappa shape index (κ1) is 30.8. The smallest absolute Gasteiger partial charge is 0.185 e. The number of nitrogens with zero attached hydrogens (tertiary/aromatic N) is 3. The van der Waals surface area contributed by atoms with Crippen LogP contribution in [0.15, 0.2) is 180 Å². The number of fused-ring (bicyclic) bond motifs is 15. The van der Waals surface area contributed by atoms with Crippen molar-refractivity contribution in [3.8, 4) is 67.5 Å². The van der Waals surface area contributed by atoms with Crippen LogP contribution >= 0.6 is 0 Å². The van der Waals surface area contributed by atoms with Gasteiger partial charge in [0, 0.05) is 27.5 Å². The Hall–Kier alpha value is -7.61. The van der Waals surface area contributed by atoms with Crippen molar-refractivity contribution in [1.29, 1.82) is 0 Å². The molecule has 0 saturated heterocycles. The standard InChI is InChI=1S/C52H29N3O/c1-2-15-32(16-3-1)49-53-50(55-51(54-49)41-23-14-28-47-48(41)40-22-9-13-27-46(40)56-47)33-29-30-39-35-18-5-4-17-34(35)36-19-6-10-24-42(36)52(45(39)31-33)43-25-11-7-20-37(43)38-21-8-12-26-44(38)52/h1-12,14-26,28-31H. The van der Waals surface area contributed by atoms with Gasteiger partial charge in [-0.25, -0.2) is 15.0 Å². The summed E-state index contributed by atoms with van der Waals surface area (Å²) in [6.45, 7) is 0. The number of hydrogen-bond acceptors (Lipinski definition) is 4. The van der Waals surface area contributed by atoms with Gasteiger partial charge in [0.2, 0.25) is 0 Å². The molecule has 0 bridgehead atoms. The second-order valence-corrected chi connectivity index (χ2v) is 14.5. The van der Waals surface area contributed by atoms with Gasteiger partial charge in [0.25, 0.3) is 0 Å². The molecule has 2 aliphatic carbocycles. The Bertz CT molecular complexity index is 3170. The predicted octanol–water partition coefficient (Wildman–Crippen LogP) is 12.4. The third-order valence-electron chi connectivity index (χ3n) is 11.7. The summed E-state index contributed by atoms with van der Waals surface area (Å²) >= 11 is 0. The highest BCUT2D eigenvalue weighted by Crippen LogP contribution is 2.61. The summed E-state index contributed by atoms with van der Waals surface area (Å²) < 4.78 is 6.23. The van der Waals surface area contributed by atoms with Crippen LogP contribution in [0.2, 0.25) is 0 Å². The molecule has 12 rings (SSSR count). The van der Waals surface area contributed by atoms with Crippen molar-refractivity contribution >= 4 is 21.9 Å². The van der Waals surface area contributed by atoms with Gasteiger partial charge in [-0.3, -0.25) is 0 Å². The van der Waals surface area contributed by atoms with E-state index in [1.807, 2.05) is 54.6 Å². The van der Waals surface area contributed by atoms with E-state index in [9.17, 15) is 0 Å². The molecule has 258 valence electrons. The Balaban J connectivity index is 1.18. The van der Waals surface area contributed by atoms with E-state index in [4.69, 9.17) is 19.4 Å². The molecule has 0 fully saturated rings. The second-order valence-electron chi connectivity index (χ2n) is 14.5. The predicted molar refractivity (Wildman–Crippen MR) is 223 cm³/mol. The van der Waals surface area contributed by atoms with Gasteiger partial charge in [-0.2, -0.15) is 0 Å². The van der Waals surface area contributed by atoms with Gasteiger partial charge in [0.05, 0.1) is 5.41 Å². The normalized spacial score (nSPS) is 13.0. The van der Waals surface area contributed by atoms with Crippen LogP contribution < -0.4 is 0 Å². The van der Waals surface area contributed by atoms with Crippen molar-refractivity contribution in [3.05, 3.63) is 210 Å². The fourth-order valence-electron chi connectivity index (χ4n) is 9.37. The SMILES string of the molecule is c1ccc2c(c#1)oc1cccc(-c3nc(-c4ccccc4)nc(-c4ccc5c(c4)C4(c6ccccc6-c6ccccc6-5)c5ccccc5-c5ccccc54)n3)c12. The van der Waals surface area contributed by atoms with Gasteiger partial charge in [0.1, 0.15) is 5.58 Å². The van der Waals surface area contributed by atoms with Crippen molar-refractivity contribution in [1.82, 2.24) is 15.0 Å². The minimum atomic E-state index is -0.610. The summed E-state index contributed by atoms with van der Waals surface area (Å²) in [5, 5.41) is 1.89. The lowest BCUT2D eigenvalue weighted by atomic mass is 9.65. The van der Waals surface area contributed by atoms with Crippen LogP contribution in [0.4, 0.5) is 0 Å². The van der Waals surface area contributed by atoms with Gasteiger partial charge in [-0.15, -0.1) is 0 Å². The minimum Gasteiger partial charge on any atom is -0.447 e. The van der Waals surface area contributed by atoms with Crippen LogP contribution in [-0.2, 0) is 5.41 Å². The number of hydrogen-bond donors (Lipinski definition) is 0. The summed E-state index contributed by atoms with van der Waals surface area (Å²) in [5.41, 5.74) is 15.8.